The Morgan fingerprint density at radius 3 is 1.96 bits per heavy atom. The molecule has 0 aliphatic carbocycles. The van der Waals surface area contributed by atoms with E-state index in [0.717, 1.165) is 18.5 Å². The smallest absolute Gasteiger partial charge is 0.234 e. The van der Waals surface area contributed by atoms with E-state index in [9.17, 15) is 4.79 Å². The van der Waals surface area contributed by atoms with Crippen LogP contribution in [0.1, 0.15) is 47.2 Å². The summed E-state index contributed by atoms with van der Waals surface area (Å²) in [5.41, 5.74) is 8.55. The zero-order valence-corrected chi connectivity index (χ0v) is 17.1. The molecule has 0 radical (unpaired) electrons. The van der Waals surface area contributed by atoms with Crippen LogP contribution < -0.4 is 5.32 Å². The van der Waals surface area contributed by atoms with Crippen LogP contribution in [0.5, 0.6) is 0 Å². The van der Waals surface area contributed by atoms with Gasteiger partial charge in [-0.2, -0.15) is 0 Å². The molecule has 2 nitrogen and oxygen atoms in total. The number of anilines is 1. The number of carbonyl (C=O) groups excluding carboxylic acids is 1. The molecule has 0 fully saturated rings. The van der Waals surface area contributed by atoms with Crippen LogP contribution in [-0.4, -0.2) is 11.7 Å². The molecule has 2 aromatic rings. The molecule has 0 bridgehead atoms. The van der Waals surface area contributed by atoms with Crippen molar-refractivity contribution in [2.24, 2.45) is 0 Å². The first-order chi connectivity index (χ1) is 11.9. The van der Waals surface area contributed by atoms with Crippen molar-refractivity contribution in [2.45, 2.75) is 59.3 Å². The zero-order chi connectivity index (χ0) is 18.6. The molecule has 2 aromatic carbocycles. The SMILES string of the molecule is CCc1cccc(CC)c1NC(=O)CSc1c(C)c(C)cc(C)c1C. The molecule has 134 valence electrons. The van der Waals surface area contributed by atoms with Crippen molar-refractivity contribution in [2.75, 3.05) is 11.1 Å². The van der Waals surface area contributed by atoms with Gasteiger partial charge < -0.3 is 5.32 Å². The maximum Gasteiger partial charge on any atom is 0.234 e. The summed E-state index contributed by atoms with van der Waals surface area (Å²) in [5.74, 6) is 0.504. The Morgan fingerprint density at radius 1 is 0.960 bits per heavy atom. The first-order valence-electron chi connectivity index (χ1n) is 8.99. The van der Waals surface area contributed by atoms with Crippen molar-refractivity contribution in [3.8, 4) is 0 Å². The van der Waals surface area contributed by atoms with E-state index in [-0.39, 0.29) is 5.91 Å². The Balaban J connectivity index is 2.16. The van der Waals surface area contributed by atoms with Gasteiger partial charge in [0.05, 0.1) is 5.75 Å². The van der Waals surface area contributed by atoms with Crippen LogP contribution in [0.4, 0.5) is 5.69 Å². The number of hydrogen-bond acceptors (Lipinski definition) is 2. The highest BCUT2D eigenvalue weighted by molar-refractivity contribution is 8.00. The average molecular weight is 356 g/mol. The summed E-state index contributed by atoms with van der Waals surface area (Å²) in [7, 11) is 0. The van der Waals surface area contributed by atoms with Crippen molar-refractivity contribution in [3.63, 3.8) is 0 Å². The van der Waals surface area contributed by atoms with Crippen LogP contribution in [0.25, 0.3) is 0 Å². The number of amides is 1. The molecular formula is C22H29NOS. The van der Waals surface area contributed by atoms with E-state index in [2.05, 4.69) is 71.1 Å². The molecule has 3 heteroatoms. The normalized spacial score (nSPS) is 10.8. The molecule has 1 N–H and O–H groups in total. The van der Waals surface area contributed by atoms with Crippen LogP contribution in [-0.2, 0) is 17.6 Å². The Bertz CT molecular complexity index is 732. The van der Waals surface area contributed by atoms with E-state index < -0.39 is 0 Å². The molecule has 0 saturated carbocycles. The largest absolute Gasteiger partial charge is 0.325 e. The fourth-order valence-electron chi connectivity index (χ4n) is 3.11. The molecule has 25 heavy (non-hydrogen) atoms. The standard InChI is InChI=1S/C22H29NOS/c1-7-18-10-9-11-19(8-2)21(18)23-20(24)13-25-22-16(5)14(3)12-15(4)17(22)6/h9-12H,7-8,13H2,1-6H3,(H,23,24). The lowest BCUT2D eigenvalue weighted by atomic mass is 10.0. The molecule has 2 rings (SSSR count). The average Bonchev–Trinajstić information content (AvgIpc) is 2.60. The van der Waals surface area contributed by atoms with E-state index in [1.807, 2.05) is 0 Å². The van der Waals surface area contributed by atoms with Crippen LogP contribution in [0.15, 0.2) is 29.2 Å². The predicted octanol–water partition coefficient (Wildman–Crippen LogP) is 5.78. The first kappa shape index (κ1) is 19.6. The topological polar surface area (TPSA) is 29.1 Å². The van der Waals surface area contributed by atoms with Gasteiger partial charge in [0.15, 0.2) is 0 Å². The molecule has 0 unspecified atom stereocenters. The number of benzene rings is 2. The highest BCUT2D eigenvalue weighted by Gasteiger charge is 2.13. The van der Waals surface area contributed by atoms with Crippen molar-refractivity contribution in [1.29, 1.82) is 0 Å². The number of thioether (sulfide) groups is 1. The van der Waals surface area contributed by atoms with Gasteiger partial charge in [0.25, 0.3) is 0 Å². The summed E-state index contributed by atoms with van der Waals surface area (Å²) in [4.78, 5) is 13.8. The monoisotopic (exact) mass is 355 g/mol. The fourth-order valence-corrected chi connectivity index (χ4v) is 4.22. The fraction of sp³-hybridized carbons (Fsp3) is 0.409. The number of para-hydroxylation sites is 1. The Labute approximate surface area is 156 Å². The Hall–Kier alpha value is -1.74. The Kier molecular flexibility index (Phi) is 6.71. The molecule has 0 aromatic heterocycles. The van der Waals surface area contributed by atoms with Gasteiger partial charge in [-0.3, -0.25) is 4.79 Å². The van der Waals surface area contributed by atoms with Gasteiger partial charge in [0.2, 0.25) is 5.91 Å². The van der Waals surface area contributed by atoms with E-state index in [1.165, 1.54) is 38.3 Å². The van der Waals surface area contributed by atoms with Gasteiger partial charge in [-0.1, -0.05) is 38.1 Å². The third-order valence-corrected chi connectivity index (χ3v) is 6.22. The third-order valence-electron chi connectivity index (χ3n) is 4.91. The summed E-state index contributed by atoms with van der Waals surface area (Å²) in [6.45, 7) is 12.8. The lowest BCUT2D eigenvalue weighted by Crippen LogP contribution is -2.17. The minimum Gasteiger partial charge on any atom is -0.325 e. The predicted molar refractivity (Wildman–Crippen MR) is 110 cm³/mol. The van der Waals surface area contributed by atoms with Crippen LogP contribution in [0.2, 0.25) is 0 Å². The van der Waals surface area contributed by atoms with Gasteiger partial charge in [-0.15, -0.1) is 11.8 Å². The molecule has 1 amide bonds. The second kappa shape index (κ2) is 8.57. The van der Waals surface area contributed by atoms with Crippen LogP contribution in [0, 0.1) is 27.7 Å². The molecule has 0 atom stereocenters. The van der Waals surface area contributed by atoms with Crippen molar-refractivity contribution >= 4 is 23.4 Å². The lowest BCUT2D eigenvalue weighted by molar-refractivity contribution is -0.113. The number of aryl methyl sites for hydroxylation is 4. The molecule has 0 spiro atoms. The van der Waals surface area contributed by atoms with Crippen molar-refractivity contribution in [1.82, 2.24) is 0 Å². The van der Waals surface area contributed by atoms with Crippen LogP contribution >= 0.6 is 11.8 Å². The number of carbonyl (C=O) groups is 1. The summed E-state index contributed by atoms with van der Waals surface area (Å²) in [6.07, 6.45) is 1.85. The van der Waals surface area contributed by atoms with Crippen molar-refractivity contribution in [3.05, 3.63) is 57.6 Å². The van der Waals surface area contributed by atoms with Gasteiger partial charge in [-0.05, 0) is 73.9 Å². The lowest BCUT2D eigenvalue weighted by Gasteiger charge is -2.16. The second-order valence-electron chi connectivity index (χ2n) is 6.58. The quantitative estimate of drug-likeness (QED) is 0.666. The van der Waals surface area contributed by atoms with E-state index in [4.69, 9.17) is 0 Å². The molecule has 0 aliphatic heterocycles. The molecule has 0 aliphatic rings. The van der Waals surface area contributed by atoms with Crippen LogP contribution in [0.3, 0.4) is 0 Å². The van der Waals surface area contributed by atoms with Crippen molar-refractivity contribution < 1.29 is 4.79 Å². The number of nitrogens with one attached hydrogen (secondary N) is 1. The minimum atomic E-state index is 0.0681. The Morgan fingerprint density at radius 2 is 1.48 bits per heavy atom. The maximum absolute atomic E-state index is 12.6. The summed E-state index contributed by atoms with van der Waals surface area (Å²) in [6, 6.07) is 8.49. The molecule has 0 heterocycles. The summed E-state index contributed by atoms with van der Waals surface area (Å²) < 4.78 is 0. The van der Waals surface area contributed by atoms with E-state index in [0.29, 0.717) is 5.75 Å². The molecular weight excluding hydrogens is 326 g/mol. The number of hydrogen-bond donors (Lipinski definition) is 1. The van der Waals surface area contributed by atoms with E-state index >= 15 is 0 Å². The summed E-state index contributed by atoms with van der Waals surface area (Å²) >= 11 is 1.64. The first-order valence-corrected chi connectivity index (χ1v) is 9.98. The zero-order valence-electron chi connectivity index (χ0n) is 16.2. The summed E-state index contributed by atoms with van der Waals surface area (Å²) in [5, 5.41) is 3.16. The van der Waals surface area contributed by atoms with Gasteiger partial charge in [0, 0.05) is 10.6 Å². The highest BCUT2D eigenvalue weighted by atomic mass is 32.2. The number of rotatable bonds is 6. The molecule has 0 saturated heterocycles. The third kappa shape index (κ3) is 4.46. The second-order valence-corrected chi connectivity index (χ2v) is 7.57. The maximum atomic E-state index is 12.6. The van der Waals surface area contributed by atoms with Gasteiger partial charge in [0.1, 0.15) is 0 Å². The van der Waals surface area contributed by atoms with Gasteiger partial charge in [-0.25, -0.2) is 0 Å². The van der Waals surface area contributed by atoms with Gasteiger partial charge >= 0.3 is 0 Å². The van der Waals surface area contributed by atoms with E-state index in [1.54, 1.807) is 11.8 Å². The highest BCUT2D eigenvalue weighted by Crippen LogP contribution is 2.31. The minimum absolute atomic E-state index is 0.0681.